The maximum Gasteiger partial charge on any atom is 0.303 e. The van der Waals surface area contributed by atoms with Crippen LogP contribution in [0.25, 0.3) is 5.69 Å². The highest BCUT2D eigenvalue weighted by Crippen LogP contribution is 2.20. The lowest BCUT2D eigenvalue weighted by Crippen LogP contribution is -2.29. The molecule has 148 valence electrons. The van der Waals surface area contributed by atoms with E-state index >= 15 is 0 Å². The molecule has 0 saturated carbocycles. The van der Waals surface area contributed by atoms with Crippen LogP contribution in [0.4, 0.5) is 0 Å². The van der Waals surface area contributed by atoms with Gasteiger partial charge < -0.3 is 10.4 Å². The predicted octanol–water partition coefficient (Wildman–Crippen LogP) is 3.59. The Morgan fingerprint density at radius 3 is 2.61 bits per heavy atom. The lowest BCUT2D eigenvalue weighted by atomic mass is 9.94. The van der Waals surface area contributed by atoms with Gasteiger partial charge in [0.25, 0.3) is 5.91 Å². The zero-order valence-electron chi connectivity index (χ0n) is 16.4. The molecule has 0 aliphatic heterocycles. The van der Waals surface area contributed by atoms with Crippen LogP contribution in [0, 0.1) is 19.8 Å². The molecule has 1 aliphatic carbocycles. The molecule has 6 nitrogen and oxygen atoms in total. The van der Waals surface area contributed by atoms with E-state index in [4.69, 9.17) is 5.11 Å². The predicted molar refractivity (Wildman–Crippen MR) is 108 cm³/mol. The minimum atomic E-state index is -0.814. The van der Waals surface area contributed by atoms with Crippen LogP contribution < -0.4 is 5.32 Å². The molecule has 0 radical (unpaired) electrons. The summed E-state index contributed by atoms with van der Waals surface area (Å²) in [6, 6.07) is 7.36. The molecule has 1 atom stereocenters. The number of nitrogens with one attached hydrogen (secondary N) is 1. The topological polar surface area (TPSA) is 84.2 Å². The van der Waals surface area contributed by atoms with Crippen LogP contribution >= 0.6 is 0 Å². The zero-order chi connectivity index (χ0) is 20.1. The fourth-order valence-corrected chi connectivity index (χ4v) is 3.65. The Balaban J connectivity index is 1.67. The maximum atomic E-state index is 12.4. The van der Waals surface area contributed by atoms with Crippen LogP contribution in [-0.4, -0.2) is 33.3 Å². The van der Waals surface area contributed by atoms with Crippen molar-refractivity contribution >= 4 is 11.9 Å². The summed E-state index contributed by atoms with van der Waals surface area (Å²) in [5.41, 5.74) is 4.22. The zero-order valence-corrected chi connectivity index (χ0v) is 16.4. The summed E-state index contributed by atoms with van der Waals surface area (Å²) < 4.78 is 1.81. The lowest BCUT2D eigenvalue weighted by molar-refractivity contribution is -0.136. The van der Waals surface area contributed by atoms with E-state index in [0.717, 1.165) is 41.9 Å². The number of carboxylic acid groups (broad SMARTS) is 1. The number of aryl methyl sites for hydroxylation is 1. The van der Waals surface area contributed by atoms with Crippen molar-refractivity contribution in [2.75, 3.05) is 6.54 Å². The normalized spacial score (nSPS) is 16.1. The van der Waals surface area contributed by atoms with Gasteiger partial charge in [-0.2, -0.15) is 5.10 Å². The van der Waals surface area contributed by atoms with Crippen molar-refractivity contribution in [3.8, 4) is 5.69 Å². The number of aromatic nitrogens is 2. The highest BCUT2D eigenvalue weighted by Gasteiger charge is 2.15. The summed E-state index contributed by atoms with van der Waals surface area (Å²) in [6.45, 7) is 4.54. The van der Waals surface area contributed by atoms with Gasteiger partial charge in [0.2, 0.25) is 0 Å². The van der Waals surface area contributed by atoms with E-state index in [0.29, 0.717) is 24.4 Å². The van der Waals surface area contributed by atoms with Gasteiger partial charge in [-0.05, 0) is 75.3 Å². The quantitative estimate of drug-likeness (QED) is 0.718. The van der Waals surface area contributed by atoms with E-state index < -0.39 is 5.97 Å². The number of amides is 1. The smallest absolute Gasteiger partial charge is 0.303 e. The van der Waals surface area contributed by atoms with Gasteiger partial charge in [-0.25, -0.2) is 4.68 Å². The number of hydrogen-bond acceptors (Lipinski definition) is 3. The number of benzene rings is 1. The number of carboxylic acids is 1. The summed E-state index contributed by atoms with van der Waals surface area (Å²) in [4.78, 5) is 23.3. The van der Waals surface area contributed by atoms with Gasteiger partial charge in [0, 0.05) is 24.2 Å². The Kier molecular flexibility index (Phi) is 6.29. The van der Waals surface area contributed by atoms with Crippen molar-refractivity contribution < 1.29 is 14.7 Å². The van der Waals surface area contributed by atoms with Crippen molar-refractivity contribution in [2.45, 2.75) is 46.0 Å². The first-order chi connectivity index (χ1) is 13.5. The monoisotopic (exact) mass is 381 g/mol. The maximum absolute atomic E-state index is 12.4. The van der Waals surface area contributed by atoms with Gasteiger partial charge in [0.05, 0.1) is 11.4 Å². The molecule has 1 aromatic carbocycles. The second kappa shape index (κ2) is 8.87. The summed E-state index contributed by atoms with van der Waals surface area (Å²) in [7, 11) is 0. The van der Waals surface area contributed by atoms with Crippen LogP contribution in [0.15, 0.2) is 36.4 Å². The van der Waals surface area contributed by atoms with Crippen molar-refractivity contribution in [1.82, 2.24) is 15.1 Å². The number of rotatable bonds is 7. The first-order valence-corrected chi connectivity index (χ1v) is 9.76. The van der Waals surface area contributed by atoms with E-state index in [1.807, 2.05) is 30.7 Å². The third kappa shape index (κ3) is 4.68. The van der Waals surface area contributed by atoms with Gasteiger partial charge in [-0.3, -0.25) is 9.59 Å². The van der Waals surface area contributed by atoms with Crippen molar-refractivity contribution in [3.05, 3.63) is 58.9 Å². The minimum absolute atomic E-state index is 0.0587. The standard InChI is InChI=1S/C22H27N3O3/c1-15-20(12-13-21(26)27)16(2)25(24-15)19-10-8-18(9-11-19)22(28)23-14-17-6-4-3-5-7-17/h3-4,8-11,17H,5-7,12-14H2,1-2H3,(H,23,28)(H,26,27). The third-order valence-electron chi connectivity index (χ3n) is 5.33. The van der Waals surface area contributed by atoms with Crippen LogP contribution in [0.2, 0.25) is 0 Å². The second-order valence-electron chi connectivity index (χ2n) is 7.36. The minimum Gasteiger partial charge on any atom is -0.481 e. The van der Waals surface area contributed by atoms with Gasteiger partial charge in [0.15, 0.2) is 0 Å². The Bertz CT molecular complexity index is 881. The molecule has 3 rings (SSSR count). The molecule has 0 fully saturated rings. The van der Waals surface area contributed by atoms with E-state index in [1.165, 1.54) is 0 Å². The fourth-order valence-electron chi connectivity index (χ4n) is 3.65. The molecule has 0 spiro atoms. The van der Waals surface area contributed by atoms with Crippen molar-refractivity contribution in [2.24, 2.45) is 5.92 Å². The lowest BCUT2D eigenvalue weighted by Gasteiger charge is -2.18. The number of carbonyl (C=O) groups excluding carboxylic acids is 1. The van der Waals surface area contributed by atoms with Crippen LogP contribution in [0.3, 0.4) is 0 Å². The van der Waals surface area contributed by atoms with Crippen LogP contribution in [-0.2, 0) is 11.2 Å². The van der Waals surface area contributed by atoms with E-state index in [-0.39, 0.29) is 12.3 Å². The summed E-state index contributed by atoms with van der Waals surface area (Å²) in [5.74, 6) is -0.352. The van der Waals surface area contributed by atoms with E-state index in [1.54, 1.807) is 12.1 Å². The van der Waals surface area contributed by atoms with Crippen LogP contribution in [0.1, 0.15) is 53.0 Å². The molecule has 1 aliphatic rings. The molecule has 1 heterocycles. The number of allylic oxidation sites excluding steroid dienone is 2. The molecule has 1 unspecified atom stereocenters. The highest BCUT2D eigenvalue weighted by molar-refractivity contribution is 5.94. The first-order valence-electron chi connectivity index (χ1n) is 9.76. The first kappa shape index (κ1) is 19.9. The third-order valence-corrected chi connectivity index (χ3v) is 5.33. The average molecular weight is 381 g/mol. The Hall–Kier alpha value is -2.89. The Labute approximate surface area is 165 Å². The molecule has 0 saturated heterocycles. The van der Waals surface area contributed by atoms with Gasteiger partial charge in [-0.1, -0.05) is 12.2 Å². The molecule has 0 bridgehead atoms. The molecule has 1 amide bonds. The molecule has 6 heteroatoms. The molecular formula is C22H27N3O3. The number of nitrogens with zero attached hydrogens (tertiary/aromatic N) is 2. The largest absolute Gasteiger partial charge is 0.481 e. The molecule has 2 N–H and O–H groups in total. The van der Waals surface area contributed by atoms with E-state index in [2.05, 4.69) is 22.6 Å². The van der Waals surface area contributed by atoms with Crippen LogP contribution in [0.5, 0.6) is 0 Å². The van der Waals surface area contributed by atoms with Crippen molar-refractivity contribution in [1.29, 1.82) is 0 Å². The number of aliphatic carboxylic acids is 1. The van der Waals surface area contributed by atoms with Gasteiger partial charge >= 0.3 is 5.97 Å². The van der Waals surface area contributed by atoms with Crippen molar-refractivity contribution in [3.63, 3.8) is 0 Å². The Morgan fingerprint density at radius 2 is 1.96 bits per heavy atom. The number of hydrogen-bond donors (Lipinski definition) is 2. The van der Waals surface area contributed by atoms with E-state index in [9.17, 15) is 9.59 Å². The highest BCUT2D eigenvalue weighted by atomic mass is 16.4. The number of carbonyl (C=O) groups is 2. The second-order valence-corrected chi connectivity index (χ2v) is 7.36. The summed E-state index contributed by atoms with van der Waals surface area (Å²) >= 11 is 0. The SMILES string of the molecule is Cc1nn(-c2ccc(C(=O)NCC3CC=CCC3)cc2)c(C)c1CCC(=O)O. The molecule has 1 aromatic heterocycles. The fraction of sp³-hybridized carbons (Fsp3) is 0.409. The van der Waals surface area contributed by atoms with Gasteiger partial charge in [-0.15, -0.1) is 0 Å². The van der Waals surface area contributed by atoms with Gasteiger partial charge in [0.1, 0.15) is 0 Å². The average Bonchev–Trinajstić information content (AvgIpc) is 2.99. The molecule has 28 heavy (non-hydrogen) atoms. The molecule has 2 aromatic rings. The Morgan fingerprint density at radius 1 is 1.21 bits per heavy atom. The summed E-state index contributed by atoms with van der Waals surface area (Å²) in [5, 5.41) is 16.5. The molecular weight excluding hydrogens is 354 g/mol. The summed E-state index contributed by atoms with van der Waals surface area (Å²) in [6.07, 6.45) is 8.18.